The summed E-state index contributed by atoms with van der Waals surface area (Å²) < 4.78 is 0. The summed E-state index contributed by atoms with van der Waals surface area (Å²) >= 11 is 0. The van der Waals surface area contributed by atoms with Crippen LogP contribution in [0.2, 0.25) is 0 Å². The van der Waals surface area contributed by atoms with Crippen LogP contribution >= 0.6 is 0 Å². The molecule has 0 saturated carbocycles. The monoisotopic (exact) mass is 779 g/mol. The molecule has 9 aromatic rings. The highest BCUT2D eigenvalue weighted by Gasteiger charge is 2.55. The Hall–Kier alpha value is -7.00. The van der Waals surface area contributed by atoms with Crippen LogP contribution in [0.4, 0.5) is 17.1 Å². The molecule has 9 aromatic carbocycles. The molecule has 0 unspecified atom stereocenters. The van der Waals surface area contributed by atoms with Crippen LogP contribution in [0.3, 0.4) is 0 Å². The lowest BCUT2D eigenvalue weighted by Gasteiger charge is -2.52. The predicted octanol–water partition coefficient (Wildman–Crippen LogP) is 11.5. The highest BCUT2D eigenvalue weighted by atomic mass is 28.3. The zero-order valence-electron chi connectivity index (χ0n) is 33.7. The minimum Gasteiger partial charge on any atom is -0.310 e. The van der Waals surface area contributed by atoms with Crippen LogP contribution in [-0.2, 0) is 10.8 Å². The van der Waals surface area contributed by atoms with Gasteiger partial charge in [-0.05, 0) is 112 Å². The van der Waals surface area contributed by atoms with Crippen molar-refractivity contribution in [2.24, 2.45) is 0 Å². The average Bonchev–Trinajstić information content (AvgIpc) is 3.78. The highest BCUT2D eigenvalue weighted by molar-refractivity contribution is 7.24. The van der Waals surface area contributed by atoms with Gasteiger partial charge in [-0.1, -0.05) is 202 Å². The van der Waals surface area contributed by atoms with Crippen molar-refractivity contribution in [3.05, 3.63) is 246 Å². The summed E-state index contributed by atoms with van der Waals surface area (Å²) in [5.74, 6) is 0. The number of anilines is 3. The van der Waals surface area contributed by atoms with Crippen molar-refractivity contribution in [2.45, 2.75) is 24.7 Å². The molecular formula is C58H41NSi. The molecule has 3 heterocycles. The van der Waals surface area contributed by atoms with Crippen LogP contribution in [0.15, 0.2) is 212 Å². The minimum atomic E-state index is -2.52. The van der Waals surface area contributed by atoms with Crippen LogP contribution in [0.25, 0.3) is 33.4 Å². The van der Waals surface area contributed by atoms with Gasteiger partial charge in [0.15, 0.2) is 8.07 Å². The van der Waals surface area contributed by atoms with E-state index in [4.69, 9.17) is 0 Å². The van der Waals surface area contributed by atoms with E-state index in [0.717, 1.165) is 5.69 Å². The molecule has 0 fully saturated rings. The topological polar surface area (TPSA) is 3.24 Å². The van der Waals surface area contributed by atoms with Gasteiger partial charge in [-0.15, -0.1) is 0 Å². The quantitative estimate of drug-likeness (QED) is 0.158. The van der Waals surface area contributed by atoms with Crippen molar-refractivity contribution in [1.82, 2.24) is 0 Å². The summed E-state index contributed by atoms with van der Waals surface area (Å²) in [5, 5.41) is 6.04. The van der Waals surface area contributed by atoms with Gasteiger partial charge in [-0.3, -0.25) is 0 Å². The largest absolute Gasteiger partial charge is 0.310 e. The second kappa shape index (κ2) is 12.0. The fourth-order valence-corrected chi connectivity index (χ4v) is 17.8. The first-order valence-electron chi connectivity index (χ1n) is 21.3. The fraction of sp³-hybridized carbons (Fsp3) is 0.0690. The first kappa shape index (κ1) is 33.9. The fourth-order valence-electron chi connectivity index (χ4n) is 12.2. The molecule has 60 heavy (non-hydrogen) atoms. The Morgan fingerprint density at radius 1 is 0.333 bits per heavy atom. The zero-order chi connectivity index (χ0) is 39.8. The number of rotatable bonds is 2. The van der Waals surface area contributed by atoms with Gasteiger partial charge >= 0.3 is 0 Å². The lowest BCUT2D eigenvalue weighted by atomic mass is 9.53. The maximum absolute atomic E-state index is 2.55. The van der Waals surface area contributed by atoms with Crippen LogP contribution in [-0.4, -0.2) is 8.07 Å². The van der Waals surface area contributed by atoms with E-state index in [9.17, 15) is 0 Å². The van der Waals surface area contributed by atoms with Crippen molar-refractivity contribution in [3.8, 4) is 33.4 Å². The van der Waals surface area contributed by atoms with Crippen molar-refractivity contribution >= 4 is 45.9 Å². The number of hydrogen-bond acceptors (Lipinski definition) is 1. The Bertz CT molecular complexity index is 3100. The summed E-state index contributed by atoms with van der Waals surface area (Å²) in [5.41, 5.74) is 19.2. The van der Waals surface area contributed by atoms with E-state index in [1.54, 1.807) is 0 Å². The lowest BCUT2D eigenvalue weighted by molar-refractivity contribution is 0.556. The summed E-state index contributed by atoms with van der Waals surface area (Å²) in [6.07, 6.45) is 0. The van der Waals surface area contributed by atoms with Gasteiger partial charge in [-0.2, -0.15) is 0 Å². The van der Waals surface area contributed by atoms with Gasteiger partial charge in [0, 0.05) is 11.1 Å². The van der Waals surface area contributed by atoms with Crippen LogP contribution in [0, 0.1) is 0 Å². The van der Waals surface area contributed by atoms with Gasteiger partial charge < -0.3 is 4.90 Å². The van der Waals surface area contributed by atoms with Crippen molar-refractivity contribution < 1.29 is 0 Å². The van der Waals surface area contributed by atoms with Crippen molar-refractivity contribution in [3.63, 3.8) is 0 Å². The van der Waals surface area contributed by atoms with Crippen molar-refractivity contribution in [2.75, 3.05) is 4.90 Å². The number of hydrogen-bond donors (Lipinski definition) is 0. The third-order valence-corrected chi connectivity index (χ3v) is 19.5. The Labute approximate surface area is 352 Å². The Morgan fingerprint density at radius 2 is 0.717 bits per heavy atom. The summed E-state index contributed by atoms with van der Waals surface area (Å²) in [7, 11) is -2.52. The van der Waals surface area contributed by atoms with E-state index < -0.39 is 13.5 Å². The standard InChI is InChI=1S/C58H41NSi/c1-57(2)45-20-6-8-22-47(45)58(48-23-9-7-21-46(48)57)49-24-10-12-26-51(49)59(52-27-13-11-25-50(52)58)40-34-31-38(32-35-40)39-33-36-44-43-19-5-16-30-55(43)60(56(44)37-39)53-28-14-3-17-41(53)42-18-4-15-29-54(42)60/h3-37H,1-2H3. The average molecular weight is 780 g/mol. The summed E-state index contributed by atoms with van der Waals surface area (Å²) in [6, 6.07) is 80.9. The third-order valence-electron chi connectivity index (χ3n) is 14.6. The molecule has 13 rings (SSSR count). The molecule has 3 aliphatic heterocycles. The van der Waals surface area contributed by atoms with E-state index in [1.807, 2.05) is 0 Å². The SMILES string of the molecule is CC1(C)c2ccccc2C2(c3ccccc3N(c3ccc(-c4ccc5c(c4)[Si]4(c6ccccc6-c6ccccc64)c4ccccc4-5)cc3)c3ccccc32)c2ccccc21. The molecule has 0 radical (unpaired) electrons. The van der Waals surface area contributed by atoms with E-state index in [0.29, 0.717) is 0 Å². The van der Waals surface area contributed by atoms with Crippen molar-refractivity contribution in [1.29, 1.82) is 0 Å². The third kappa shape index (κ3) is 4.07. The number of benzene rings is 9. The molecule has 1 aliphatic carbocycles. The van der Waals surface area contributed by atoms with Crippen LogP contribution in [0.5, 0.6) is 0 Å². The first-order chi connectivity index (χ1) is 29.5. The molecule has 4 aliphatic rings. The molecule has 1 nitrogen and oxygen atoms in total. The van der Waals surface area contributed by atoms with E-state index in [1.165, 1.54) is 98.9 Å². The molecule has 0 N–H and O–H groups in total. The van der Waals surface area contributed by atoms with Gasteiger partial charge in [-0.25, -0.2) is 0 Å². The second-order valence-electron chi connectivity index (χ2n) is 17.5. The van der Waals surface area contributed by atoms with Gasteiger partial charge in [0.25, 0.3) is 0 Å². The molecular weight excluding hydrogens is 739 g/mol. The first-order valence-corrected chi connectivity index (χ1v) is 23.3. The van der Waals surface area contributed by atoms with Gasteiger partial charge in [0.1, 0.15) is 0 Å². The molecule has 2 spiro atoms. The smallest absolute Gasteiger partial charge is 0.182 e. The molecule has 282 valence electrons. The minimum absolute atomic E-state index is 0.137. The Kier molecular flexibility index (Phi) is 6.80. The van der Waals surface area contributed by atoms with Crippen LogP contribution in [0.1, 0.15) is 47.2 Å². The Morgan fingerprint density at radius 3 is 1.22 bits per heavy atom. The number of nitrogens with zero attached hydrogens (tertiary/aromatic N) is 1. The maximum atomic E-state index is 2.55. The van der Waals surface area contributed by atoms with E-state index >= 15 is 0 Å². The Balaban J connectivity index is 0.977. The normalized spacial score (nSPS) is 15.9. The molecule has 0 amide bonds. The number of fused-ring (bicyclic) bond motifs is 18. The molecule has 0 atom stereocenters. The summed E-state index contributed by atoms with van der Waals surface area (Å²) in [6.45, 7) is 4.78. The van der Waals surface area contributed by atoms with Gasteiger partial charge in [0.05, 0.1) is 16.8 Å². The van der Waals surface area contributed by atoms with E-state index in [-0.39, 0.29) is 5.41 Å². The molecule has 0 saturated heterocycles. The summed E-state index contributed by atoms with van der Waals surface area (Å²) in [4.78, 5) is 2.50. The predicted molar refractivity (Wildman–Crippen MR) is 252 cm³/mol. The zero-order valence-corrected chi connectivity index (χ0v) is 34.7. The van der Waals surface area contributed by atoms with Crippen LogP contribution < -0.4 is 25.6 Å². The lowest BCUT2D eigenvalue weighted by Crippen LogP contribution is -2.70. The number of para-hydroxylation sites is 2. The maximum Gasteiger partial charge on any atom is 0.182 e. The van der Waals surface area contributed by atoms with E-state index in [2.05, 4.69) is 231 Å². The molecule has 0 bridgehead atoms. The second-order valence-corrected chi connectivity index (χ2v) is 21.2. The molecule has 0 aromatic heterocycles. The highest BCUT2D eigenvalue weighted by Crippen LogP contribution is 2.62. The van der Waals surface area contributed by atoms with Gasteiger partial charge in [0.2, 0.25) is 0 Å². The molecule has 2 heteroatoms.